The number of phenolic OH excluding ortho intramolecular Hbond substituents is 1. The molecule has 15 heavy (non-hydrogen) atoms. The zero-order valence-electron chi connectivity index (χ0n) is 8.11. The van der Waals surface area contributed by atoms with Crippen LogP contribution in [-0.2, 0) is 0 Å². The minimum atomic E-state index is 0.234. The number of aromatic nitrogens is 2. The summed E-state index contributed by atoms with van der Waals surface area (Å²) in [6, 6.07) is 8.66. The van der Waals surface area contributed by atoms with Crippen LogP contribution in [0.3, 0.4) is 0 Å². The fourth-order valence-corrected chi connectivity index (χ4v) is 1.34. The molecule has 0 spiro atoms. The predicted molar refractivity (Wildman–Crippen MR) is 58.9 cm³/mol. The van der Waals surface area contributed by atoms with E-state index in [1.54, 1.807) is 24.3 Å². The van der Waals surface area contributed by atoms with Crippen molar-refractivity contribution < 1.29 is 5.11 Å². The molecule has 3 nitrogen and oxygen atoms in total. The molecule has 1 aromatic carbocycles. The Balaban J connectivity index is 2.45. The van der Waals surface area contributed by atoms with Gasteiger partial charge < -0.3 is 5.11 Å². The number of aromatic hydroxyl groups is 1. The van der Waals surface area contributed by atoms with E-state index < -0.39 is 0 Å². The van der Waals surface area contributed by atoms with Gasteiger partial charge in [-0.05, 0) is 42.8 Å². The van der Waals surface area contributed by atoms with Gasteiger partial charge in [-0.15, -0.1) is 10.2 Å². The SMILES string of the molecule is Cc1cc(-c2ccc(O)cc2)nnc1Cl. The first-order chi connectivity index (χ1) is 7.16. The number of hydrogen-bond donors (Lipinski definition) is 1. The fraction of sp³-hybridized carbons (Fsp3) is 0.0909. The molecule has 0 fully saturated rings. The Morgan fingerprint density at radius 1 is 1.13 bits per heavy atom. The summed E-state index contributed by atoms with van der Waals surface area (Å²) in [7, 11) is 0. The van der Waals surface area contributed by atoms with Crippen molar-refractivity contribution in [3.05, 3.63) is 41.0 Å². The molecule has 0 aliphatic carbocycles. The standard InChI is InChI=1S/C11H9ClN2O/c1-7-6-10(13-14-11(7)12)8-2-4-9(15)5-3-8/h2-6,15H,1H3. The number of benzene rings is 1. The van der Waals surface area contributed by atoms with Gasteiger partial charge in [0.2, 0.25) is 0 Å². The first-order valence-electron chi connectivity index (χ1n) is 4.46. The van der Waals surface area contributed by atoms with Crippen LogP contribution in [0.25, 0.3) is 11.3 Å². The molecular formula is C11H9ClN2O. The van der Waals surface area contributed by atoms with Gasteiger partial charge in [-0.2, -0.15) is 0 Å². The largest absolute Gasteiger partial charge is 0.508 e. The van der Waals surface area contributed by atoms with Gasteiger partial charge in [0.15, 0.2) is 5.15 Å². The maximum atomic E-state index is 9.15. The molecule has 0 saturated carbocycles. The van der Waals surface area contributed by atoms with Crippen molar-refractivity contribution >= 4 is 11.6 Å². The molecule has 0 saturated heterocycles. The Kier molecular flexibility index (Phi) is 2.56. The van der Waals surface area contributed by atoms with Crippen molar-refractivity contribution in [1.82, 2.24) is 10.2 Å². The van der Waals surface area contributed by atoms with E-state index in [9.17, 15) is 0 Å². The van der Waals surface area contributed by atoms with Crippen LogP contribution < -0.4 is 0 Å². The molecule has 2 rings (SSSR count). The maximum absolute atomic E-state index is 9.15. The highest BCUT2D eigenvalue weighted by Gasteiger charge is 2.03. The Hall–Kier alpha value is -1.61. The zero-order chi connectivity index (χ0) is 10.8. The van der Waals surface area contributed by atoms with Crippen molar-refractivity contribution in [3.63, 3.8) is 0 Å². The second kappa shape index (κ2) is 3.87. The molecule has 1 heterocycles. The average molecular weight is 221 g/mol. The molecule has 0 aliphatic heterocycles. The van der Waals surface area contributed by atoms with Gasteiger partial charge in [0, 0.05) is 5.56 Å². The summed E-state index contributed by atoms with van der Waals surface area (Å²) in [5, 5.41) is 17.4. The molecule has 2 aromatic rings. The summed E-state index contributed by atoms with van der Waals surface area (Å²) in [6.45, 7) is 1.88. The molecule has 0 aliphatic rings. The Morgan fingerprint density at radius 2 is 1.80 bits per heavy atom. The normalized spacial score (nSPS) is 10.3. The van der Waals surface area contributed by atoms with E-state index in [0.717, 1.165) is 16.8 Å². The maximum Gasteiger partial charge on any atom is 0.154 e. The van der Waals surface area contributed by atoms with E-state index >= 15 is 0 Å². The monoisotopic (exact) mass is 220 g/mol. The van der Waals surface area contributed by atoms with Crippen LogP contribution in [0.4, 0.5) is 0 Å². The third-order valence-electron chi connectivity index (χ3n) is 2.09. The lowest BCUT2D eigenvalue weighted by molar-refractivity contribution is 0.475. The lowest BCUT2D eigenvalue weighted by Crippen LogP contribution is -1.90. The fourth-order valence-electron chi connectivity index (χ4n) is 1.24. The summed E-state index contributed by atoms with van der Waals surface area (Å²) in [5.41, 5.74) is 2.53. The van der Waals surface area contributed by atoms with Crippen LogP contribution in [0.5, 0.6) is 5.75 Å². The second-order valence-corrected chi connectivity index (χ2v) is 3.61. The topological polar surface area (TPSA) is 46.0 Å². The number of aryl methyl sites for hydroxylation is 1. The summed E-state index contributed by atoms with van der Waals surface area (Å²) in [6.07, 6.45) is 0. The Bertz CT molecular complexity index is 482. The highest BCUT2D eigenvalue weighted by molar-refractivity contribution is 6.30. The van der Waals surface area contributed by atoms with Crippen LogP contribution in [0.15, 0.2) is 30.3 Å². The van der Waals surface area contributed by atoms with Crippen molar-refractivity contribution in [3.8, 4) is 17.0 Å². The van der Waals surface area contributed by atoms with Crippen LogP contribution in [0.1, 0.15) is 5.56 Å². The van der Waals surface area contributed by atoms with E-state index in [1.807, 2.05) is 13.0 Å². The number of hydrogen-bond acceptors (Lipinski definition) is 3. The van der Waals surface area contributed by atoms with E-state index in [0.29, 0.717) is 5.15 Å². The van der Waals surface area contributed by atoms with Gasteiger partial charge in [-0.1, -0.05) is 11.6 Å². The summed E-state index contributed by atoms with van der Waals surface area (Å²) < 4.78 is 0. The lowest BCUT2D eigenvalue weighted by Gasteiger charge is -2.02. The minimum absolute atomic E-state index is 0.234. The smallest absolute Gasteiger partial charge is 0.154 e. The molecule has 0 amide bonds. The van der Waals surface area contributed by atoms with Gasteiger partial charge in [0.05, 0.1) is 5.69 Å². The summed E-state index contributed by atoms with van der Waals surface area (Å²) in [4.78, 5) is 0. The number of phenols is 1. The third kappa shape index (κ3) is 2.07. The van der Waals surface area contributed by atoms with E-state index in [4.69, 9.17) is 16.7 Å². The predicted octanol–water partition coefficient (Wildman–Crippen LogP) is 2.81. The van der Waals surface area contributed by atoms with Gasteiger partial charge >= 0.3 is 0 Å². The van der Waals surface area contributed by atoms with Crippen LogP contribution in [0, 0.1) is 6.92 Å². The number of rotatable bonds is 1. The highest BCUT2D eigenvalue weighted by Crippen LogP contribution is 2.22. The summed E-state index contributed by atoms with van der Waals surface area (Å²) in [5.74, 6) is 0.234. The van der Waals surface area contributed by atoms with E-state index in [-0.39, 0.29) is 5.75 Å². The zero-order valence-corrected chi connectivity index (χ0v) is 8.86. The molecule has 4 heteroatoms. The Labute approximate surface area is 92.4 Å². The second-order valence-electron chi connectivity index (χ2n) is 3.25. The van der Waals surface area contributed by atoms with E-state index in [1.165, 1.54) is 0 Å². The Morgan fingerprint density at radius 3 is 2.40 bits per heavy atom. The van der Waals surface area contributed by atoms with E-state index in [2.05, 4.69) is 10.2 Å². The molecule has 0 radical (unpaired) electrons. The van der Waals surface area contributed by atoms with Gasteiger partial charge in [-0.25, -0.2) is 0 Å². The molecule has 0 atom stereocenters. The molecule has 0 bridgehead atoms. The van der Waals surface area contributed by atoms with Crippen molar-refractivity contribution in [2.24, 2.45) is 0 Å². The third-order valence-corrected chi connectivity index (χ3v) is 2.46. The number of halogens is 1. The van der Waals surface area contributed by atoms with Crippen molar-refractivity contribution in [2.45, 2.75) is 6.92 Å². The lowest BCUT2D eigenvalue weighted by atomic mass is 10.1. The quantitative estimate of drug-likeness (QED) is 0.804. The van der Waals surface area contributed by atoms with Crippen LogP contribution >= 0.6 is 11.6 Å². The highest BCUT2D eigenvalue weighted by atomic mass is 35.5. The molecule has 76 valence electrons. The van der Waals surface area contributed by atoms with Crippen molar-refractivity contribution in [2.75, 3.05) is 0 Å². The molecule has 1 aromatic heterocycles. The molecule has 1 N–H and O–H groups in total. The molecule has 0 unspecified atom stereocenters. The van der Waals surface area contributed by atoms with Crippen molar-refractivity contribution in [1.29, 1.82) is 0 Å². The first kappa shape index (κ1) is 9.93. The summed E-state index contributed by atoms with van der Waals surface area (Å²) >= 11 is 5.78. The first-order valence-corrected chi connectivity index (χ1v) is 4.84. The average Bonchev–Trinajstić information content (AvgIpc) is 2.23. The van der Waals surface area contributed by atoms with Crippen LogP contribution in [-0.4, -0.2) is 15.3 Å². The van der Waals surface area contributed by atoms with Gasteiger partial charge in [0.25, 0.3) is 0 Å². The number of nitrogens with zero attached hydrogens (tertiary/aromatic N) is 2. The molecular weight excluding hydrogens is 212 g/mol. The van der Waals surface area contributed by atoms with Crippen LogP contribution in [0.2, 0.25) is 5.15 Å². The van der Waals surface area contributed by atoms with Gasteiger partial charge in [0.1, 0.15) is 5.75 Å². The minimum Gasteiger partial charge on any atom is -0.508 e. The van der Waals surface area contributed by atoms with Gasteiger partial charge in [-0.3, -0.25) is 0 Å².